The number of carbonyl (C=O) groups is 1. The van der Waals surface area contributed by atoms with Crippen molar-refractivity contribution in [2.45, 2.75) is 72.5 Å². The Kier molecular flexibility index (Phi) is 7.61. The summed E-state index contributed by atoms with van der Waals surface area (Å²) in [5, 5.41) is 2.96. The molecule has 1 atom stereocenters. The lowest BCUT2D eigenvalue weighted by molar-refractivity contribution is -0.121. The van der Waals surface area contributed by atoms with Gasteiger partial charge < -0.3 is 9.88 Å². The number of aryl methyl sites for hydroxylation is 2. The SMILES string of the molecule is CCCCn1c(=O)[nH]c(=O)c2c1nc(CCC(=O)NC(C)c1ccccn1)n2CC(C)C. The molecule has 0 aliphatic rings. The second-order valence-corrected chi connectivity index (χ2v) is 8.51. The molecule has 32 heavy (non-hydrogen) atoms. The van der Waals surface area contributed by atoms with Gasteiger partial charge in [-0.1, -0.05) is 33.3 Å². The fourth-order valence-electron chi connectivity index (χ4n) is 3.74. The quantitative estimate of drug-likeness (QED) is 0.503. The zero-order valence-corrected chi connectivity index (χ0v) is 19.2. The predicted molar refractivity (Wildman–Crippen MR) is 123 cm³/mol. The third-order valence-electron chi connectivity index (χ3n) is 5.33. The number of hydrogen-bond donors (Lipinski definition) is 2. The first-order chi connectivity index (χ1) is 15.3. The van der Waals surface area contributed by atoms with Crippen LogP contribution in [0.3, 0.4) is 0 Å². The van der Waals surface area contributed by atoms with Gasteiger partial charge in [0.25, 0.3) is 5.56 Å². The highest BCUT2D eigenvalue weighted by Gasteiger charge is 2.20. The molecule has 0 aromatic carbocycles. The van der Waals surface area contributed by atoms with E-state index in [4.69, 9.17) is 0 Å². The summed E-state index contributed by atoms with van der Waals surface area (Å²) in [6.07, 6.45) is 4.00. The first-order valence-electron chi connectivity index (χ1n) is 11.2. The summed E-state index contributed by atoms with van der Waals surface area (Å²) >= 11 is 0. The molecule has 0 spiro atoms. The molecule has 0 aliphatic carbocycles. The molecular weight excluding hydrogens is 408 g/mol. The molecule has 0 saturated heterocycles. The maximum Gasteiger partial charge on any atom is 0.330 e. The minimum absolute atomic E-state index is 0.122. The molecule has 3 aromatic heterocycles. The molecule has 3 heterocycles. The van der Waals surface area contributed by atoms with Crippen LogP contribution in [0.15, 0.2) is 34.0 Å². The lowest BCUT2D eigenvalue weighted by Gasteiger charge is -2.14. The standard InChI is InChI=1S/C23H32N6O3/c1-5-6-13-28-21-20(22(31)27-23(28)32)29(14-15(2)3)18(26-21)10-11-19(30)25-16(4)17-9-7-8-12-24-17/h7-9,12,15-16H,5-6,10-11,13-14H2,1-4H3,(H,25,30)(H,27,31,32). The Labute approximate surface area is 186 Å². The van der Waals surface area contributed by atoms with Crippen molar-refractivity contribution in [1.82, 2.24) is 29.4 Å². The molecule has 3 aromatic rings. The smallest absolute Gasteiger partial charge is 0.330 e. The van der Waals surface area contributed by atoms with Crippen LogP contribution < -0.4 is 16.6 Å². The number of nitrogens with one attached hydrogen (secondary N) is 2. The van der Waals surface area contributed by atoms with Gasteiger partial charge in [-0.05, 0) is 31.4 Å². The topological polar surface area (TPSA) is 115 Å². The molecule has 0 fully saturated rings. The number of carbonyl (C=O) groups excluding carboxylic acids is 1. The van der Waals surface area contributed by atoms with Gasteiger partial charge in [0.05, 0.1) is 11.7 Å². The van der Waals surface area contributed by atoms with Gasteiger partial charge in [0.2, 0.25) is 5.91 Å². The van der Waals surface area contributed by atoms with Crippen molar-refractivity contribution < 1.29 is 4.79 Å². The van der Waals surface area contributed by atoms with Crippen molar-refractivity contribution in [2.75, 3.05) is 0 Å². The first-order valence-corrected chi connectivity index (χ1v) is 11.2. The number of hydrogen-bond acceptors (Lipinski definition) is 5. The maximum absolute atomic E-state index is 12.7. The Balaban J connectivity index is 1.88. The average Bonchev–Trinajstić information content (AvgIpc) is 3.10. The monoisotopic (exact) mass is 440 g/mol. The number of amides is 1. The van der Waals surface area contributed by atoms with E-state index in [0.717, 1.165) is 18.5 Å². The lowest BCUT2D eigenvalue weighted by atomic mass is 10.2. The highest BCUT2D eigenvalue weighted by Crippen LogP contribution is 2.16. The van der Waals surface area contributed by atoms with Gasteiger partial charge in [0.1, 0.15) is 5.82 Å². The minimum atomic E-state index is -0.446. The molecule has 9 heteroatoms. The molecule has 0 bridgehead atoms. The van der Waals surface area contributed by atoms with E-state index in [2.05, 4.69) is 34.1 Å². The largest absolute Gasteiger partial charge is 0.348 e. The number of unbranched alkanes of at least 4 members (excludes halogenated alkanes) is 1. The molecule has 2 N–H and O–H groups in total. The molecule has 0 radical (unpaired) electrons. The highest BCUT2D eigenvalue weighted by atomic mass is 16.2. The zero-order chi connectivity index (χ0) is 23.3. The Morgan fingerprint density at radius 3 is 2.62 bits per heavy atom. The number of aromatic nitrogens is 5. The summed E-state index contributed by atoms with van der Waals surface area (Å²) in [5.74, 6) is 0.777. The van der Waals surface area contributed by atoms with Crippen LogP contribution >= 0.6 is 0 Å². The maximum atomic E-state index is 12.7. The van der Waals surface area contributed by atoms with E-state index in [1.54, 1.807) is 6.20 Å². The normalized spacial score (nSPS) is 12.4. The second kappa shape index (κ2) is 10.4. The van der Waals surface area contributed by atoms with Crippen LogP contribution in [0.1, 0.15) is 64.5 Å². The summed E-state index contributed by atoms with van der Waals surface area (Å²) in [5.41, 5.74) is 0.695. The molecule has 1 unspecified atom stereocenters. The van der Waals surface area contributed by atoms with E-state index < -0.39 is 11.2 Å². The molecule has 3 rings (SSSR count). The van der Waals surface area contributed by atoms with Crippen molar-refractivity contribution in [3.05, 3.63) is 56.8 Å². The highest BCUT2D eigenvalue weighted by molar-refractivity contribution is 5.77. The van der Waals surface area contributed by atoms with Gasteiger partial charge >= 0.3 is 5.69 Å². The van der Waals surface area contributed by atoms with Crippen LogP contribution in [0.25, 0.3) is 11.2 Å². The van der Waals surface area contributed by atoms with Gasteiger partial charge in [0, 0.05) is 32.1 Å². The molecular formula is C23H32N6O3. The fourth-order valence-corrected chi connectivity index (χ4v) is 3.74. The lowest BCUT2D eigenvalue weighted by Crippen LogP contribution is -2.31. The van der Waals surface area contributed by atoms with Crippen LogP contribution in [-0.2, 0) is 24.3 Å². The van der Waals surface area contributed by atoms with Crippen LogP contribution in [0.5, 0.6) is 0 Å². The molecule has 1 amide bonds. The number of rotatable bonds is 10. The van der Waals surface area contributed by atoms with Crippen molar-refractivity contribution >= 4 is 17.1 Å². The molecule has 0 saturated carbocycles. The van der Waals surface area contributed by atoms with Gasteiger partial charge in [0.15, 0.2) is 11.2 Å². The Bertz CT molecular complexity index is 1180. The van der Waals surface area contributed by atoms with Crippen LogP contribution in [-0.4, -0.2) is 30.0 Å². The third kappa shape index (κ3) is 5.33. The van der Waals surface area contributed by atoms with E-state index >= 15 is 0 Å². The first kappa shape index (κ1) is 23.4. The zero-order valence-electron chi connectivity index (χ0n) is 19.2. The summed E-state index contributed by atoms with van der Waals surface area (Å²) in [6.45, 7) is 9.10. The van der Waals surface area contributed by atoms with Crippen LogP contribution in [0.4, 0.5) is 0 Å². The van der Waals surface area contributed by atoms with E-state index in [1.165, 1.54) is 4.57 Å². The van der Waals surface area contributed by atoms with Crippen LogP contribution in [0.2, 0.25) is 0 Å². The Morgan fingerprint density at radius 1 is 1.19 bits per heavy atom. The van der Waals surface area contributed by atoms with E-state index in [-0.39, 0.29) is 24.3 Å². The second-order valence-electron chi connectivity index (χ2n) is 8.51. The Morgan fingerprint density at radius 2 is 1.97 bits per heavy atom. The summed E-state index contributed by atoms with van der Waals surface area (Å²) < 4.78 is 3.39. The number of nitrogens with zero attached hydrogens (tertiary/aromatic N) is 4. The number of imidazole rings is 1. The van der Waals surface area contributed by atoms with Gasteiger partial charge in [-0.3, -0.25) is 24.1 Å². The predicted octanol–water partition coefficient (Wildman–Crippen LogP) is 2.55. The van der Waals surface area contributed by atoms with Crippen LogP contribution in [0, 0.1) is 5.92 Å². The average molecular weight is 441 g/mol. The number of pyridine rings is 1. The summed E-state index contributed by atoms with van der Waals surface area (Å²) in [4.78, 5) is 49.0. The molecule has 172 valence electrons. The molecule has 9 nitrogen and oxygen atoms in total. The van der Waals surface area contributed by atoms with E-state index in [0.29, 0.717) is 36.5 Å². The summed E-state index contributed by atoms with van der Waals surface area (Å²) in [6, 6.07) is 5.38. The van der Waals surface area contributed by atoms with Crippen molar-refractivity contribution in [3.63, 3.8) is 0 Å². The fraction of sp³-hybridized carbons (Fsp3) is 0.522. The van der Waals surface area contributed by atoms with Crippen molar-refractivity contribution in [3.8, 4) is 0 Å². The van der Waals surface area contributed by atoms with Gasteiger partial charge in [-0.15, -0.1) is 0 Å². The molecule has 0 aliphatic heterocycles. The number of H-pyrrole nitrogens is 1. The minimum Gasteiger partial charge on any atom is -0.348 e. The van der Waals surface area contributed by atoms with Crippen molar-refractivity contribution in [1.29, 1.82) is 0 Å². The van der Waals surface area contributed by atoms with E-state index in [1.807, 2.05) is 36.6 Å². The van der Waals surface area contributed by atoms with Crippen molar-refractivity contribution in [2.24, 2.45) is 5.92 Å². The Hall–Kier alpha value is -3.23. The number of aromatic amines is 1. The third-order valence-corrected chi connectivity index (χ3v) is 5.33. The van der Waals surface area contributed by atoms with E-state index in [9.17, 15) is 14.4 Å². The van der Waals surface area contributed by atoms with Gasteiger partial charge in [-0.25, -0.2) is 9.78 Å². The number of fused-ring (bicyclic) bond motifs is 1. The van der Waals surface area contributed by atoms with Gasteiger partial charge in [-0.2, -0.15) is 0 Å². The summed E-state index contributed by atoms with van der Waals surface area (Å²) in [7, 11) is 0.